The molecule has 0 saturated carbocycles. The van der Waals surface area contributed by atoms with E-state index in [9.17, 15) is 5.11 Å². The average Bonchev–Trinajstić information content (AvgIpc) is 2.16. The van der Waals surface area contributed by atoms with Crippen LogP contribution in [0.4, 0.5) is 0 Å². The van der Waals surface area contributed by atoms with Crippen LogP contribution in [0.5, 0.6) is 0 Å². The summed E-state index contributed by atoms with van der Waals surface area (Å²) < 4.78 is 0.191. The van der Waals surface area contributed by atoms with E-state index in [2.05, 4.69) is 45.0 Å². The van der Waals surface area contributed by atoms with Crippen LogP contribution in [0.3, 0.4) is 0 Å². The predicted molar refractivity (Wildman–Crippen MR) is 73.0 cm³/mol. The van der Waals surface area contributed by atoms with Crippen LogP contribution in [0.15, 0.2) is 30.3 Å². The zero-order chi connectivity index (χ0) is 12.2. The summed E-state index contributed by atoms with van der Waals surface area (Å²) in [6, 6.07) is 10.4. The second-order valence-corrected chi connectivity index (χ2v) is 7.26. The van der Waals surface area contributed by atoms with Crippen LogP contribution < -0.4 is 0 Å². The molecule has 0 aliphatic rings. The third-order valence-electron chi connectivity index (χ3n) is 2.32. The lowest BCUT2D eigenvalue weighted by Crippen LogP contribution is -2.27. The topological polar surface area (TPSA) is 20.2 Å². The molecule has 1 aromatic rings. The second kappa shape index (κ2) is 5.74. The van der Waals surface area contributed by atoms with Crippen molar-refractivity contribution in [2.24, 2.45) is 0 Å². The monoisotopic (exact) mass is 238 g/mol. The molecule has 1 rings (SSSR count). The lowest BCUT2D eigenvalue weighted by atomic mass is 10.1. The molecule has 0 aliphatic carbocycles. The smallest absolute Gasteiger partial charge is 0.0634 e. The predicted octanol–water partition coefficient (Wildman–Crippen LogP) is 3.51. The van der Waals surface area contributed by atoms with Gasteiger partial charge in [-0.2, -0.15) is 0 Å². The van der Waals surface area contributed by atoms with Crippen LogP contribution in [0.2, 0.25) is 0 Å². The van der Waals surface area contributed by atoms with E-state index in [0.717, 1.165) is 6.42 Å². The minimum Gasteiger partial charge on any atom is -0.392 e. The molecule has 2 atom stereocenters. The van der Waals surface area contributed by atoms with Crippen LogP contribution in [-0.4, -0.2) is 21.2 Å². The summed E-state index contributed by atoms with van der Waals surface area (Å²) in [6.07, 6.45) is 0.657. The first kappa shape index (κ1) is 13.6. The normalized spacial score (nSPS) is 15.8. The van der Waals surface area contributed by atoms with Gasteiger partial charge in [-0.1, -0.05) is 51.1 Å². The average molecular weight is 238 g/mol. The summed E-state index contributed by atoms with van der Waals surface area (Å²) in [5.41, 5.74) is 1.30. The van der Waals surface area contributed by atoms with Gasteiger partial charge in [0.1, 0.15) is 0 Å². The van der Waals surface area contributed by atoms with E-state index < -0.39 is 0 Å². The zero-order valence-electron chi connectivity index (χ0n) is 10.6. The second-order valence-electron chi connectivity index (χ2n) is 5.20. The maximum Gasteiger partial charge on any atom is 0.0634 e. The number of benzene rings is 1. The summed E-state index contributed by atoms with van der Waals surface area (Å²) in [4.78, 5) is 0. The Kier molecular flexibility index (Phi) is 4.88. The Morgan fingerprint density at radius 2 is 1.75 bits per heavy atom. The Morgan fingerprint density at radius 3 is 2.19 bits per heavy atom. The molecule has 90 valence electrons. The van der Waals surface area contributed by atoms with Gasteiger partial charge in [-0.05, 0) is 18.9 Å². The zero-order valence-corrected chi connectivity index (χ0v) is 11.4. The molecule has 0 aromatic heterocycles. The third kappa shape index (κ3) is 5.04. The van der Waals surface area contributed by atoms with Gasteiger partial charge in [0.2, 0.25) is 0 Å². The third-order valence-corrected chi connectivity index (χ3v) is 3.89. The molecular formula is C14H22OS. The molecule has 0 aliphatic heterocycles. The fraction of sp³-hybridized carbons (Fsp3) is 0.571. The van der Waals surface area contributed by atoms with Gasteiger partial charge in [-0.15, -0.1) is 11.8 Å². The highest BCUT2D eigenvalue weighted by molar-refractivity contribution is 8.01. The molecule has 0 spiro atoms. The lowest BCUT2D eigenvalue weighted by molar-refractivity contribution is 0.190. The molecule has 0 heterocycles. The Labute approximate surface area is 103 Å². The van der Waals surface area contributed by atoms with Crippen molar-refractivity contribution in [2.75, 3.05) is 0 Å². The van der Waals surface area contributed by atoms with Gasteiger partial charge < -0.3 is 5.11 Å². The van der Waals surface area contributed by atoms with Crippen molar-refractivity contribution in [1.82, 2.24) is 0 Å². The number of rotatable bonds is 4. The fourth-order valence-electron chi connectivity index (χ4n) is 1.61. The van der Waals surface area contributed by atoms with Crippen LogP contribution in [0.1, 0.15) is 33.3 Å². The van der Waals surface area contributed by atoms with Gasteiger partial charge >= 0.3 is 0 Å². The molecule has 1 aromatic carbocycles. The summed E-state index contributed by atoms with van der Waals surface area (Å²) in [6.45, 7) is 8.46. The van der Waals surface area contributed by atoms with Crippen LogP contribution in [-0.2, 0) is 6.42 Å². The highest BCUT2D eigenvalue weighted by Crippen LogP contribution is 2.31. The van der Waals surface area contributed by atoms with Gasteiger partial charge in [0.05, 0.1) is 6.10 Å². The van der Waals surface area contributed by atoms with E-state index in [4.69, 9.17) is 0 Å². The number of hydrogen-bond donors (Lipinski definition) is 1. The van der Waals surface area contributed by atoms with E-state index in [-0.39, 0.29) is 16.1 Å². The minimum absolute atomic E-state index is 0.191. The number of hydrogen-bond acceptors (Lipinski definition) is 2. The van der Waals surface area contributed by atoms with Crippen LogP contribution in [0.25, 0.3) is 0 Å². The molecule has 1 nitrogen and oxygen atoms in total. The van der Waals surface area contributed by atoms with Gasteiger partial charge in [0.25, 0.3) is 0 Å². The summed E-state index contributed by atoms with van der Waals surface area (Å²) in [7, 11) is 0. The summed E-state index contributed by atoms with van der Waals surface area (Å²) in [5, 5.41) is 10.1. The molecule has 0 amide bonds. The van der Waals surface area contributed by atoms with E-state index in [1.165, 1.54) is 5.56 Å². The maximum atomic E-state index is 9.82. The highest BCUT2D eigenvalue weighted by atomic mass is 32.2. The number of aliphatic hydroxyl groups excluding tert-OH is 1. The molecule has 1 N–H and O–H groups in total. The molecule has 0 radical (unpaired) electrons. The lowest BCUT2D eigenvalue weighted by Gasteiger charge is -2.27. The summed E-state index contributed by atoms with van der Waals surface area (Å²) in [5.74, 6) is 0. The summed E-state index contributed by atoms with van der Waals surface area (Å²) >= 11 is 1.85. The SMILES string of the molecule is C[C@@H](O)[C@H](Cc1ccccc1)SC(C)(C)C. The van der Waals surface area contributed by atoms with Crippen molar-refractivity contribution in [3.63, 3.8) is 0 Å². The number of thioether (sulfide) groups is 1. The van der Waals surface area contributed by atoms with Crippen LogP contribution >= 0.6 is 11.8 Å². The first-order valence-corrected chi connectivity index (χ1v) is 6.66. The van der Waals surface area contributed by atoms with Gasteiger partial charge in [0, 0.05) is 10.00 Å². The van der Waals surface area contributed by atoms with Crippen molar-refractivity contribution in [1.29, 1.82) is 0 Å². The van der Waals surface area contributed by atoms with Crippen molar-refractivity contribution in [2.45, 2.75) is 50.2 Å². The minimum atomic E-state index is -0.274. The van der Waals surface area contributed by atoms with Crippen molar-refractivity contribution >= 4 is 11.8 Å². The molecule has 2 heteroatoms. The van der Waals surface area contributed by atoms with Gasteiger partial charge in [-0.3, -0.25) is 0 Å². The molecule has 0 fully saturated rings. The van der Waals surface area contributed by atoms with Crippen LogP contribution in [0, 0.1) is 0 Å². The molecule has 0 saturated heterocycles. The Bertz CT molecular complexity index is 300. The maximum absolute atomic E-state index is 9.82. The van der Waals surface area contributed by atoms with Crippen molar-refractivity contribution in [3.05, 3.63) is 35.9 Å². The van der Waals surface area contributed by atoms with E-state index in [1.807, 2.05) is 24.8 Å². The van der Waals surface area contributed by atoms with E-state index in [1.54, 1.807) is 0 Å². The largest absolute Gasteiger partial charge is 0.392 e. The van der Waals surface area contributed by atoms with Gasteiger partial charge in [-0.25, -0.2) is 0 Å². The highest BCUT2D eigenvalue weighted by Gasteiger charge is 2.23. The Hall–Kier alpha value is -0.470. The molecule has 16 heavy (non-hydrogen) atoms. The molecule has 0 unspecified atom stereocenters. The first-order chi connectivity index (χ1) is 7.38. The Balaban J connectivity index is 2.66. The van der Waals surface area contributed by atoms with E-state index >= 15 is 0 Å². The quantitative estimate of drug-likeness (QED) is 0.866. The molecular weight excluding hydrogens is 216 g/mol. The standard InChI is InChI=1S/C14H22OS/c1-11(15)13(16-14(2,3)4)10-12-8-6-5-7-9-12/h5-9,11,13,15H,10H2,1-4H3/t11-,13+/m1/s1. The van der Waals surface area contributed by atoms with Crippen molar-refractivity contribution < 1.29 is 5.11 Å². The van der Waals surface area contributed by atoms with Gasteiger partial charge in [0.15, 0.2) is 0 Å². The van der Waals surface area contributed by atoms with E-state index in [0.29, 0.717) is 0 Å². The van der Waals surface area contributed by atoms with Crippen molar-refractivity contribution in [3.8, 4) is 0 Å². The molecule has 0 bridgehead atoms. The Morgan fingerprint density at radius 1 is 1.19 bits per heavy atom. The number of aliphatic hydroxyl groups is 1. The fourth-order valence-corrected chi connectivity index (χ4v) is 2.99. The first-order valence-electron chi connectivity index (χ1n) is 5.78.